The van der Waals surface area contributed by atoms with Crippen LogP contribution in [-0.4, -0.2) is 37.7 Å². The van der Waals surface area contributed by atoms with E-state index in [0.29, 0.717) is 25.7 Å². The summed E-state index contributed by atoms with van der Waals surface area (Å²) in [6.45, 7) is 0. The van der Waals surface area contributed by atoms with E-state index < -0.39 is 5.41 Å². The lowest BCUT2D eigenvalue weighted by Gasteiger charge is -2.48. The Morgan fingerprint density at radius 2 is 1.43 bits per heavy atom. The van der Waals surface area contributed by atoms with Crippen molar-refractivity contribution < 1.29 is 14.3 Å². The van der Waals surface area contributed by atoms with Gasteiger partial charge in [0.15, 0.2) is 0 Å². The monoisotopic (exact) mass is 315 g/mol. The van der Waals surface area contributed by atoms with E-state index in [1.165, 1.54) is 5.56 Å². The lowest BCUT2D eigenvalue weighted by atomic mass is 9.63. The molecule has 0 saturated heterocycles. The molecule has 4 nitrogen and oxygen atoms in total. The van der Waals surface area contributed by atoms with E-state index >= 15 is 0 Å². The number of carbonyl (C=O) groups is 2. The topological polar surface area (TPSA) is 46.6 Å². The molecule has 0 bridgehead atoms. The minimum atomic E-state index is -0.675. The Hall–Kier alpha value is -1.68. The van der Waals surface area contributed by atoms with Gasteiger partial charge in [-0.2, -0.15) is 0 Å². The third kappa shape index (κ3) is 2.40. The molecule has 2 fully saturated rings. The van der Waals surface area contributed by atoms with Crippen molar-refractivity contribution >= 4 is 11.6 Å². The normalized spacial score (nSPS) is 22.8. The zero-order chi connectivity index (χ0) is 16.7. The van der Waals surface area contributed by atoms with Crippen LogP contribution in [0.5, 0.6) is 5.75 Å². The van der Waals surface area contributed by atoms with Gasteiger partial charge in [-0.25, -0.2) is 0 Å². The number of rotatable bonds is 3. The fraction of sp³-hybridized carbons (Fsp3) is 0.579. The predicted molar refractivity (Wildman–Crippen MR) is 88.5 cm³/mol. The Kier molecular flexibility index (Phi) is 4.05. The van der Waals surface area contributed by atoms with E-state index in [2.05, 4.69) is 31.1 Å². The molecule has 0 aliphatic heterocycles. The molecule has 124 valence electrons. The zero-order valence-electron chi connectivity index (χ0n) is 14.2. The largest absolute Gasteiger partial charge is 0.497 e. The molecule has 4 heteroatoms. The van der Waals surface area contributed by atoms with Crippen LogP contribution >= 0.6 is 0 Å². The maximum atomic E-state index is 12.3. The molecule has 0 atom stereocenters. The molecule has 3 rings (SSSR count). The number of nitrogens with zero attached hydrogens (tertiary/aromatic N) is 1. The van der Waals surface area contributed by atoms with Crippen molar-refractivity contribution in [2.45, 2.75) is 44.1 Å². The number of methoxy groups -OCH3 is 1. The van der Waals surface area contributed by atoms with Crippen LogP contribution in [-0.2, 0) is 15.1 Å². The summed E-state index contributed by atoms with van der Waals surface area (Å²) in [5.74, 6) is 1.19. The molecule has 0 unspecified atom stereocenters. The van der Waals surface area contributed by atoms with Gasteiger partial charge in [-0.3, -0.25) is 14.5 Å². The SMILES string of the molecule is COc1ccc(C2(N(C)C)CCC3(CC2)C(=O)CCC3=O)cc1. The number of ketones is 2. The van der Waals surface area contributed by atoms with Crippen LogP contribution in [0.1, 0.15) is 44.1 Å². The molecule has 2 saturated carbocycles. The first kappa shape index (κ1) is 16.2. The standard InChI is InChI=1S/C19H25NO3/c1-20(2)19(14-4-6-15(23-3)7-5-14)12-10-18(11-13-19)16(21)8-9-17(18)22/h4-7H,8-13H2,1-3H3. The van der Waals surface area contributed by atoms with E-state index in [-0.39, 0.29) is 17.1 Å². The molecule has 1 aromatic rings. The van der Waals surface area contributed by atoms with Gasteiger partial charge in [-0.1, -0.05) is 12.1 Å². The first-order valence-corrected chi connectivity index (χ1v) is 8.33. The van der Waals surface area contributed by atoms with Crippen molar-refractivity contribution in [2.75, 3.05) is 21.2 Å². The number of carbonyl (C=O) groups excluding carboxylic acids is 2. The van der Waals surface area contributed by atoms with Gasteiger partial charge < -0.3 is 4.74 Å². The highest BCUT2D eigenvalue weighted by Crippen LogP contribution is 2.52. The molecule has 0 N–H and O–H groups in total. The van der Waals surface area contributed by atoms with Crippen LogP contribution < -0.4 is 4.74 Å². The fourth-order valence-electron chi connectivity index (χ4n) is 4.40. The van der Waals surface area contributed by atoms with Crippen LogP contribution in [0.25, 0.3) is 0 Å². The summed E-state index contributed by atoms with van der Waals surface area (Å²) in [6.07, 6.45) is 3.91. The van der Waals surface area contributed by atoms with E-state index in [1.54, 1.807) is 7.11 Å². The molecular weight excluding hydrogens is 290 g/mol. The third-order valence-corrected chi connectivity index (χ3v) is 6.06. The summed E-state index contributed by atoms with van der Waals surface area (Å²) in [5, 5.41) is 0. The lowest BCUT2D eigenvalue weighted by molar-refractivity contribution is -0.139. The maximum absolute atomic E-state index is 12.3. The zero-order valence-corrected chi connectivity index (χ0v) is 14.2. The summed E-state index contributed by atoms with van der Waals surface area (Å²) in [4.78, 5) is 26.9. The van der Waals surface area contributed by atoms with E-state index in [4.69, 9.17) is 4.74 Å². The molecule has 1 spiro atoms. The second kappa shape index (κ2) is 5.75. The van der Waals surface area contributed by atoms with Crippen LogP contribution in [0.4, 0.5) is 0 Å². The molecule has 0 radical (unpaired) electrons. The minimum Gasteiger partial charge on any atom is -0.497 e. The van der Waals surface area contributed by atoms with Gasteiger partial charge in [-0.15, -0.1) is 0 Å². The molecule has 0 heterocycles. The van der Waals surface area contributed by atoms with Crippen LogP contribution in [0, 0.1) is 5.41 Å². The van der Waals surface area contributed by atoms with Gasteiger partial charge >= 0.3 is 0 Å². The highest BCUT2D eigenvalue weighted by molar-refractivity contribution is 6.12. The average molecular weight is 315 g/mol. The number of ether oxygens (including phenoxy) is 1. The van der Waals surface area contributed by atoms with Crippen molar-refractivity contribution in [3.8, 4) is 5.75 Å². The van der Waals surface area contributed by atoms with Crippen molar-refractivity contribution in [1.29, 1.82) is 0 Å². The van der Waals surface area contributed by atoms with E-state index in [1.807, 2.05) is 12.1 Å². The number of hydrogen-bond donors (Lipinski definition) is 0. The van der Waals surface area contributed by atoms with Gasteiger partial charge in [0, 0.05) is 18.4 Å². The van der Waals surface area contributed by atoms with Crippen molar-refractivity contribution in [2.24, 2.45) is 5.41 Å². The van der Waals surface area contributed by atoms with E-state index in [0.717, 1.165) is 18.6 Å². The molecular formula is C19H25NO3. The number of benzene rings is 1. The second-order valence-electron chi connectivity index (χ2n) is 7.08. The molecule has 0 aromatic heterocycles. The first-order valence-electron chi connectivity index (χ1n) is 8.33. The highest BCUT2D eigenvalue weighted by atomic mass is 16.5. The smallest absolute Gasteiger partial charge is 0.146 e. The number of Topliss-reactive ketones (excluding diaryl/α,β-unsaturated/α-hetero) is 2. The summed E-state index contributed by atoms with van der Waals surface area (Å²) < 4.78 is 5.25. The van der Waals surface area contributed by atoms with Gasteiger partial charge in [0.25, 0.3) is 0 Å². The van der Waals surface area contributed by atoms with Crippen molar-refractivity contribution in [3.05, 3.63) is 29.8 Å². The Bertz CT molecular complexity index is 592. The summed E-state index contributed by atoms with van der Waals surface area (Å²) in [6, 6.07) is 8.18. The molecule has 1 aromatic carbocycles. The van der Waals surface area contributed by atoms with Crippen molar-refractivity contribution in [1.82, 2.24) is 4.90 Å². The fourth-order valence-corrected chi connectivity index (χ4v) is 4.40. The third-order valence-electron chi connectivity index (χ3n) is 6.06. The van der Waals surface area contributed by atoms with Gasteiger partial charge in [0.05, 0.1) is 12.5 Å². The molecule has 0 amide bonds. The van der Waals surface area contributed by atoms with Crippen molar-refractivity contribution in [3.63, 3.8) is 0 Å². The Balaban J connectivity index is 1.89. The quantitative estimate of drug-likeness (QED) is 0.805. The Morgan fingerprint density at radius 1 is 0.913 bits per heavy atom. The summed E-state index contributed by atoms with van der Waals surface area (Å²) in [7, 11) is 5.83. The maximum Gasteiger partial charge on any atom is 0.146 e. The summed E-state index contributed by atoms with van der Waals surface area (Å²) in [5.41, 5.74) is 0.447. The lowest BCUT2D eigenvalue weighted by Crippen LogP contribution is -2.49. The Labute approximate surface area is 137 Å². The average Bonchev–Trinajstić information content (AvgIpc) is 2.84. The minimum absolute atomic E-state index is 0.110. The van der Waals surface area contributed by atoms with Gasteiger partial charge in [0.1, 0.15) is 17.3 Å². The van der Waals surface area contributed by atoms with Gasteiger partial charge in [0.2, 0.25) is 0 Å². The van der Waals surface area contributed by atoms with Crippen LogP contribution in [0.3, 0.4) is 0 Å². The summed E-state index contributed by atoms with van der Waals surface area (Å²) >= 11 is 0. The Morgan fingerprint density at radius 3 is 1.87 bits per heavy atom. The van der Waals surface area contributed by atoms with Crippen LogP contribution in [0.2, 0.25) is 0 Å². The van der Waals surface area contributed by atoms with Gasteiger partial charge in [-0.05, 0) is 57.5 Å². The predicted octanol–water partition coefficient (Wildman–Crippen LogP) is 2.94. The molecule has 2 aliphatic rings. The second-order valence-corrected chi connectivity index (χ2v) is 7.08. The van der Waals surface area contributed by atoms with E-state index in [9.17, 15) is 9.59 Å². The molecule has 2 aliphatic carbocycles. The molecule has 23 heavy (non-hydrogen) atoms. The van der Waals surface area contributed by atoms with Crippen LogP contribution in [0.15, 0.2) is 24.3 Å². The highest BCUT2D eigenvalue weighted by Gasteiger charge is 2.54. The first-order chi connectivity index (χ1) is 10.9. The number of hydrogen-bond acceptors (Lipinski definition) is 4.